The van der Waals surface area contributed by atoms with Crippen LogP contribution in [0.25, 0.3) is 22.4 Å². The van der Waals surface area contributed by atoms with Gasteiger partial charge in [-0.2, -0.15) is 10.5 Å². The summed E-state index contributed by atoms with van der Waals surface area (Å²) < 4.78 is 5.29. The number of carbonyl (C=O) groups excluding carboxylic acids is 1. The molecule has 0 saturated carbocycles. The molecule has 0 aliphatic carbocycles. The molecular formula is C25H16ClN5O2S. The van der Waals surface area contributed by atoms with Crippen LogP contribution in [0.15, 0.2) is 64.1 Å². The van der Waals surface area contributed by atoms with Gasteiger partial charge in [0.05, 0.1) is 16.9 Å². The van der Waals surface area contributed by atoms with Crippen LogP contribution in [0.4, 0.5) is 5.82 Å². The first-order chi connectivity index (χ1) is 16.5. The molecule has 2 aromatic carbocycles. The number of halogens is 1. The number of carbonyl (C=O) groups is 1. The number of nitriles is 2. The second-order valence-electron chi connectivity index (χ2n) is 7.17. The van der Waals surface area contributed by atoms with Crippen LogP contribution >= 0.6 is 23.4 Å². The van der Waals surface area contributed by atoms with Crippen LogP contribution in [0.1, 0.15) is 27.2 Å². The monoisotopic (exact) mass is 485 g/mol. The number of ketones is 1. The summed E-state index contributed by atoms with van der Waals surface area (Å²) in [5.74, 6) is 0.0682. The van der Waals surface area contributed by atoms with E-state index in [1.165, 1.54) is 0 Å². The van der Waals surface area contributed by atoms with E-state index in [1.54, 1.807) is 31.2 Å². The van der Waals surface area contributed by atoms with Crippen molar-refractivity contribution in [3.05, 3.63) is 82.1 Å². The number of Topliss-reactive ketones (excluding diaryl/α,β-unsaturated/α-hetero) is 1. The van der Waals surface area contributed by atoms with Gasteiger partial charge in [0.1, 0.15) is 40.0 Å². The molecule has 2 aromatic heterocycles. The molecule has 4 aromatic rings. The number of hydrogen-bond donors (Lipinski definition) is 1. The minimum absolute atomic E-state index is 0.0440. The molecule has 0 aliphatic rings. The fraction of sp³-hybridized carbons (Fsp3) is 0.0800. The highest BCUT2D eigenvalue weighted by Gasteiger charge is 2.25. The van der Waals surface area contributed by atoms with Crippen molar-refractivity contribution in [1.29, 1.82) is 10.5 Å². The summed E-state index contributed by atoms with van der Waals surface area (Å²) in [7, 11) is 0. The molecule has 0 saturated heterocycles. The fourth-order valence-electron chi connectivity index (χ4n) is 3.54. The zero-order valence-corrected chi connectivity index (χ0v) is 19.4. The number of aryl methyl sites for hydroxylation is 1. The molecule has 0 unspecified atom stereocenters. The zero-order chi connectivity index (χ0) is 24.2. The van der Waals surface area contributed by atoms with E-state index in [2.05, 4.69) is 16.2 Å². The summed E-state index contributed by atoms with van der Waals surface area (Å²) in [6.07, 6.45) is 0. The summed E-state index contributed by atoms with van der Waals surface area (Å²) in [6, 6.07) is 20.2. The van der Waals surface area contributed by atoms with Gasteiger partial charge in [-0.25, -0.2) is 4.98 Å². The van der Waals surface area contributed by atoms with Crippen LogP contribution in [0.2, 0.25) is 5.02 Å². The maximum Gasteiger partial charge on any atom is 0.178 e. The highest BCUT2D eigenvalue weighted by molar-refractivity contribution is 8.00. The Bertz CT molecular complexity index is 1490. The van der Waals surface area contributed by atoms with Gasteiger partial charge in [-0.1, -0.05) is 77.1 Å². The fourth-order valence-corrected chi connectivity index (χ4v) is 4.63. The maximum absolute atomic E-state index is 13.2. The number of thioether (sulfide) groups is 1. The van der Waals surface area contributed by atoms with E-state index < -0.39 is 0 Å². The number of anilines is 1. The van der Waals surface area contributed by atoms with Crippen molar-refractivity contribution in [1.82, 2.24) is 10.1 Å². The lowest BCUT2D eigenvalue weighted by Crippen LogP contribution is -2.08. The van der Waals surface area contributed by atoms with Gasteiger partial charge in [0, 0.05) is 21.7 Å². The second kappa shape index (κ2) is 9.80. The topological polar surface area (TPSA) is 130 Å². The first-order valence-electron chi connectivity index (χ1n) is 10.0. The molecule has 0 spiro atoms. The molecule has 2 N–H and O–H groups in total. The smallest absolute Gasteiger partial charge is 0.178 e. The van der Waals surface area contributed by atoms with Gasteiger partial charge in [0.15, 0.2) is 5.78 Å². The third-order valence-corrected chi connectivity index (χ3v) is 6.39. The van der Waals surface area contributed by atoms with E-state index in [9.17, 15) is 15.3 Å². The number of benzene rings is 2. The van der Waals surface area contributed by atoms with Crippen molar-refractivity contribution in [2.45, 2.75) is 11.9 Å². The van der Waals surface area contributed by atoms with Crippen molar-refractivity contribution < 1.29 is 9.32 Å². The first kappa shape index (κ1) is 23.1. The minimum Gasteiger partial charge on any atom is -0.383 e. The van der Waals surface area contributed by atoms with Gasteiger partial charge in [-0.15, -0.1) is 0 Å². The van der Waals surface area contributed by atoms with Crippen LogP contribution in [0.5, 0.6) is 0 Å². The Balaban J connectivity index is 1.73. The lowest BCUT2D eigenvalue weighted by Gasteiger charge is -2.13. The highest BCUT2D eigenvalue weighted by Crippen LogP contribution is 2.39. The molecule has 2 heterocycles. The number of aromatic nitrogens is 2. The standard InChI is InChI=1S/C25H16ClN5O2S/c1-14-21(23(31-33-14)15-7-3-2-4-8-15)20(32)13-34-25-18(12-28)22(17(11-27)24(29)30-25)16-9-5-6-10-19(16)26/h2-10H,13H2,1H3,(H2,29,30). The number of nitrogens with two attached hydrogens (primary N) is 1. The molecule has 0 amide bonds. The molecule has 9 heteroatoms. The van der Waals surface area contributed by atoms with Crippen molar-refractivity contribution >= 4 is 35.0 Å². The molecule has 34 heavy (non-hydrogen) atoms. The van der Waals surface area contributed by atoms with E-state index in [-0.39, 0.29) is 33.5 Å². The predicted octanol–water partition coefficient (Wildman–Crippen LogP) is 5.67. The Labute approximate surface area is 204 Å². The summed E-state index contributed by atoms with van der Waals surface area (Å²) in [5, 5.41) is 24.3. The number of nitrogens with zero attached hydrogens (tertiary/aromatic N) is 4. The Hall–Kier alpha value is -4.11. The summed E-state index contributed by atoms with van der Waals surface area (Å²) in [5.41, 5.74) is 8.60. The average molecular weight is 486 g/mol. The van der Waals surface area contributed by atoms with Crippen molar-refractivity contribution in [2.75, 3.05) is 11.5 Å². The van der Waals surface area contributed by atoms with E-state index in [4.69, 9.17) is 21.9 Å². The van der Waals surface area contributed by atoms with E-state index in [0.29, 0.717) is 33.2 Å². The van der Waals surface area contributed by atoms with E-state index in [0.717, 1.165) is 17.3 Å². The van der Waals surface area contributed by atoms with Gasteiger partial charge in [0.2, 0.25) is 0 Å². The van der Waals surface area contributed by atoms with Crippen molar-refractivity contribution in [3.8, 4) is 34.5 Å². The Morgan fingerprint density at radius 3 is 2.44 bits per heavy atom. The SMILES string of the molecule is Cc1onc(-c2ccccc2)c1C(=O)CSc1nc(N)c(C#N)c(-c2ccccc2Cl)c1C#N. The summed E-state index contributed by atoms with van der Waals surface area (Å²) in [4.78, 5) is 17.4. The number of rotatable bonds is 6. The Morgan fingerprint density at radius 1 is 1.09 bits per heavy atom. The van der Waals surface area contributed by atoms with Gasteiger partial charge >= 0.3 is 0 Å². The molecule has 7 nitrogen and oxygen atoms in total. The van der Waals surface area contributed by atoms with E-state index >= 15 is 0 Å². The quantitative estimate of drug-likeness (QED) is 0.273. The molecule has 4 rings (SSSR count). The largest absolute Gasteiger partial charge is 0.383 e. The van der Waals surface area contributed by atoms with Crippen LogP contribution in [0.3, 0.4) is 0 Å². The lowest BCUT2D eigenvalue weighted by molar-refractivity contribution is 0.102. The number of hydrogen-bond acceptors (Lipinski definition) is 8. The normalized spacial score (nSPS) is 10.5. The summed E-state index contributed by atoms with van der Waals surface area (Å²) >= 11 is 7.40. The van der Waals surface area contributed by atoms with Crippen LogP contribution in [0, 0.1) is 29.6 Å². The molecular weight excluding hydrogens is 470 g/mol. The number of nitrogen functional groups attached to an aromatic ring is 1. The van der Waals surface area contributed by atoms with Gasteiger partial charge in [-0.3, -0.25) is 4.79 Å². The predicted molar refractivity (Wildman–Crippen MR) is 130 cm³/mol. The van der Waals surface area contributed by atoms with Crippen LogP contribution < -0.4 is 5.73 Å². The molecule has 0 radical (unpaired) electrons. The van der Waals surface area contributed by atoms with E-state index in [1.807, 2.05) is 36.4 Å². The van der Waals surface area contributed by atoms with Gasteiger partial charge < -0.3 is 10.3 Å². The molecule has 0 bridgehead atoms. The van der Waals surface area contributed by atoms with Crippen LogP contribution in [-0.2, 0) is 0 Å². The van der Waals surface area contributed by atoms with Crippen molar-refractivity contribution in [2.24, 2.45) is 0 Å². The molecule has 166 valence electrons. The summed E-state index contributed by atoms with van der Waals surface area (Å²) in [6.45, 7) is 1.67. The molecule has 0 fully saturated rings. The third kappa shape index (κ3) is 4.25. The molecule has 0 aliphatic heterocycles. The number of pyridine rings is 1. The van der Waals surface area contributed by atoms with Gasteiger partial charge in [0.25, 0.3) is 0 Å². The third-order valence-electron chi connectivity index (χ3n) is 5.09. The lowest BCUT2D eigenvalue weighted by atomic mass is 9.97. The highest BCUT2D eigenvalue weighted by atomic mass is 35.5. The van der Waals surface area contributed by atoms with Crippen molar-refractivity contribution in [3.63, 3.8) is 0 Å². The minimum atomic E-state index is -0.240. The average Bonchev–Trinajstić information content (AvgIpc) is 3.24. The Morgan fingerprint density at radius 2 is 1.76 bits per heavy atom. The second-order valence-corrected chi connectivity index (χ2v) is 8.54. The van der Waals surface area contributed by atoms with Crippen LogP contribution in [-0.4, -0.2) is 21.7 Å². The zero-order valence-electron chi connectivity index (χ0n) is 17.9. The Kier molecular flexibility index (Phi) is 6.65. The van der Waals surface area contributed by atoms with Gasteiger partial charge in [-0.05, 0) is 13.0 Å². The molecule has 0 atom stereocenters. The maximum atomic E-state index is 13.2. The first-order valence-corrected chi connectivity index (χ1v) is 11.4.